The van der Waals surface area contributed by atoms with Gasteiger partial charge in [0, 0.05) is 24.8 Å². The van der Waals surface area contributed by atoms with Gasteiger partial charge in [-0.1, -0.05) is 23.7 Å². The molecule has 3 heterocycles. The van der Waals surface area contributed by atoms with Crippen LogP contribution in [0.4, 0.5) is 4.79 Å². The Balaban J connectivity index is 1.58. The van der Waals surface area contributed by atoms with Crippen molar-refractivity contribution in [3.05, 3.63) is 57.4 Å². The van der Waals surface area contributed by atoms with Crippen LogP contribution in [0.5, 0.6) is 0 Å². The minimum atomic E-state index is -1.31. The van der Waals surface area contributed by atoms with Gasteiger partial charge in [0.15, 0.2) is 5.72 Å². The summed E-state index contributed by atoms with van der Waals surface area (Å²) in [4.78, 5) is 54.4. The molecule has 5 rings (SSSR count). The number of methoxy groups -OCH3 is 1. The summed E-state index contributed by atoms with van der Waals surface area (Å²) in [6.07, 6.45) is -1.04. The Hall–Kier alpha value is -3.37. The first kappa shape index (κ1) is 21.5. The molecule has 2 amide bonds. The van der Waals surface area contributed by atoms with E-state index in [1.807, 2.05) is 0 Å². The largest absolute Gasteiger partial charge is 0.449 e. The van der Waals surface area contributed by atoms with Crippen molar-refractivity contribution in [1.29, 1.82) is 0 Å². The molecule has 0 aromatic heterocycles. The quantitative estimate of drug-likeness (QED) is 0.477. The SMILES string of the molecule is CO[C@]12C3C(CN1C1=C(C(=O)C(N)=C(C)C1=O)[C@H]2COC(N)=O)N3C(=O)c1ccccc1Cl. The summed E-state index contributed by atoms with van der Waals surface area (Å²) in [6, 6.07) is 5.89. The van der Waals surface area contributed by atoms with Crippen molar-refractivity contribution in [2.75, 3.05) is 20.3 Å². The zero-order valence-electron chi connectivity index (χ0n) is 17.8. The maximum Gasteiger partial charge on any atom is 0.404 e. The highest BCUT2D eigenvalue weighted by molar-refractivity contribution is 6.34. The summed E-state index contributed by atoms with van der Waals surface area (Å²) in [5.74, 6) is -2.09. The van der Waals surface area contributed by atoms with E-state index in [4.69, 9.17) is 32.5 Å². The summed E-state index contributed by atoms with van der Waals surface area (Å²) < 4.78 is 11.1. The van der Waals surface area contributed by atoms with Gasteiger partial charge in [-0.15, -0.1) is 0 Å². The van der Waals surface area contributed by atoms with Crippen molar-refractivity contribution in [1.82, 2.24) is 9.80 Å². The van der Waals surface area contributed by atoms with Gasteiger partial charge in [0.1, 0.15) is 12.6 Å². The minimum absolute atomic E-state index is 0.113. The lowest BCUT2D eigenvalue weighted by molar-refractivity contribution is -0.143. The molecule has 1 aromatic rings. The average molecular weight is 473 g/mol. The Morgan fingerprint density at radius 3 is 2.58 bits per heavy atom. The first-order valence-electron chi connectivity index (χ1n) is 10.3. The lowest BCUT2D eigenvalue weighted by Gasteiger charge is -2.41. The average Bonchev–Trinajstić information content (AvgIpc) is 3.29. The number of piperazine rings is 1. The molecule has 0 saturated carbocycles. The van der Waals surface area contributed by atoms with Crippen molar-refractivity contribution in [3.63, 3.8) is 0 Å². The molecule has 2 fully saturated rings. The predicted molar refractivity (Wildman–Crippen MR) is 115 cm³/mol. The van der Waals surface area contributed by atoms with E-state index in [0.29, 0.717) is 10.6 Å². The van der Waals surface area contributed by atoms with Gasteiger partial charge < -0.3 is 30.7 Å². The van der Waals surface area contributed by atoms with Gasteiger partial charge in [-0.2, -0.15) is 0 Å². The standard InChI is InChI=1S/C22H21ClN4O6/c1-9-15(24)18(29)14-11(8-33-21(25)31)22(32-2)19-13(7-26(22)16(14)17(9)28)27(19)20(30)10-5-3-4-6-12(10)23/h3-6,11,13,19H,7-8,24H2,1-2H3,(H2,25,31)/t11-,13?,19?,22-,27?/m1/s1. The number of ketones is 2. The monoisotopic (exact) mass is 472 g/mol. The van der Waals surface area contributed by atoms with Crippen LogP contribution in [0.1, 0.15) is 17.3 Å². The molecule has 4 aliphatic rings. The molecule has 33 heavy (non-hydrogen) atoms. The lowest BCUT2D eigenvalue weighted by atomic mass is 9.82. The van der Waals surface area contributed by atoms with Crippen LogP contribution in [0.25, 0.3) is 0 Å². The van der Waals surface area contributed by atoms with Gasteiger partial charge in [0.05, 0.1) is 33.9 Å². The Labute approximate surface area is 193 Å². The number of carbonyl (C=O) groups excluding carboxylic acids is 4. The number of ether oxygens (including phenoxy) is 2. The Bertz CT molecular complexity index is 1210. The number of carbonyl (C=O) groups is 4. The molecular weight excluding hydrogens is 452 g/mol. The number of primary amides is 1. The van der Waals surface area contributed by atoms with Gasteiger partial charge in [-0.3, -0.25) is 14.4 Å². The topological polar surface area (TPSA) is 145 Å². The number of fused-ring (bicyclic) bond motifs is 4. The Kier molecular flexibility index (Phi) is 4.60. The number of hydrogen-bond donors (Lipinski definition) is 2. The van der Waals surface area contributed by atoms with E-state index in [1.54, 1.807) is 34.1 Å². The molecule has 172 valence electrons. The van der Waals surface area contributed by atoms with E-state index in [2.05, 4.69) is 0 Å². The molecule has 10 nitrogen and oxygen atoms in total. The number of amides is 2. The maximum absolute atomic E-state index is 13.3. The number of Topliss-reactive ketones (excluding diaryl/α,β-unsaturated/α-hetero) is 2. The molecular formula is C22H21ClN4O6. The fourth-order valence-electron chi connectivity index (χ4n) is 5.53. The lowest BCUT2D eigenvalue weighted by Crippen LogP contribution is -2.56. The highest BCUT2D eigenvalue weighted by Crippen LogP contribution is 2.60. The Morgan fingerprint density at radius 2 is 1.94 bits per heavy atom. The van der Waals surface area contributed by atoms with Crippen molar-refractivity contribution in [3.8, 4) is 0 Å². The first-order chi connectivity index (χ1) is 15.7. The number of nitrogens with zero attached hydrogens (tertiary/aromatic N) is 2. The highest BCUT2D eigenvalue weighted by Gasteiger charge is 2.77. The van der Waals surface area contributed by atoms with Crippen LogP contribution >= 0.6 is 11.6 Å². The second kappa shape index (κ2) is 7.06. The fraction of sp³-hybridized carbons (Fsp3) is 0.364. The summed E-state index contributed by atoms with van der Waals surface area (Å²) in [5, 5.41) is 0.311. The van der Waals surface area contributed by atoms with Gasteiger partial charge in [-0.05, 0) is 19.1 Å². The first-order valence-corrected chi connectivity index (χ1v) is 10.7. The van der Waals surface area contributed by atoms with E-state index >= 15 is 0 Å². The third-order valence-electron chi connectivity index (χ3n) is 7.03. The molecule has 3 aliphatic heterocycles. The summed E-state index contributed by atoms with van der Waals surface area (Å²) >= 11 is 6.23. The second-order valence-electron chi connectivity index (χ2n) is 8.41. The number of nitrogens with two attached hydrogens (primary N) is 2. The summed E-state index contributed by atoms with van der Waals surface area (Å²) in [7, 11) is 1.43. The molecule has 2 unspecified atom stereocenters. The molecule has 1 aliphatic carbocycles. The van der Waals surface area contributed by atoms with Crippen LogP contribution in [0.3, 0.4) is 0 Å². The van der Waals surface area contributed by atoms with Crippen molar-refractivity contribution < 1.29 is 28.7 Å². The number of halogens is 1. The van der Waals surface area contributed by atoms with Crippen LogP contribution in [0, 0.1) is 5.92 Å². The van der Waals surface area contributed by atoms with Crippen LogP contribution in [-0.4, -0.2) is 71.4 Å². The van der Waals surface area contributed by atoms with Gasteiger partial charge in [-0.25, -0.2) is 4.79 Å². The second-order valence-corrected chi connectivity index (χ2v) is 8.82. The molecule has 1 aromatic carbocycles. The Morgan fingerprint density at radius 1 is 1.24 bits per heavy atom. The van der Waals surface area contributed by atoms with E-state index in [-0.39, 0.29) is 47.6 Å². The molecule has 0 bridgehead atoms. The van der Waals surface area contributed by atoms with Crippen molar-refractivity contribution >= 4 is 35.2 Å². The van der Waals surface area contributed by atoms with Gasteiger partial charge >= 0.3 is 6.09 Å². The van der Waals surface area contributed by atoms with Crippen molar-refractivity contribution in [2.24, 2.45) is 17.4 Å². The molecule has 4 atom stereocenters. The highest BCUT2D eigenvalue weighted by atomic mass is 35.5. The number of allylic oxidation sites excluding steroid dienone is 2. The van der Waals surface area contributed by atoms with E-state index < -0.39 is 35.3 Å². The third-order valence-corrected chi connectivity index (χ3v) is 7.36. The zero-order valence-corrected chi connectivity index (χ0v) is 18.6. The van der Waals surface area contributed by atoms with Crippen LogP contribution in [0.2, 0.25) is 5.02 Å². The van der Waals surface area contributed by atoms with E-state index in [9.17, 15) is 19.2 Å². The predicted octanol–water partition coefficient (Wildman–Crippen LogP) is 0.555. The van der Waals surface area contributed by atoms with Crippen LogP contribution in [0.15, 0.2) is 46.8 Å². The number of hydrogen-bond acceptors (Lipinski definition) is 8. The summed E-state index contributed by atoms with van der Waals surface area (Å²) in [6.45, 7) is 1.43. The number of rotatable bonds is 4. The van der Waals surface area contributed by atoms with Crippen molar-refractivity contribution in [2.45, 2.75) is 24.7 Å². The van der Waals surface area contributed by atoms with E-state index in [0.717, 1.165) is 0 Å². The molecule has 0 spiro atoms. The molecule has 0 radical (unpaired) electrons. The van der Waals surface area contributed by atoms with Crippen LogP contribution in [-0.2, 0) is 19.1 Å². The van der Waals surface area contributed by atoms with E-state index in [1.165, 1.54) is 14.0 Å². The molecule has 11 heteroatoms. The number of benzene rings is 1. The zero-order chi connectivity index (χ0) is 23.8. The van der Waals surface area contributed by atoms with Gasteiger partial charge in [0.2, 0.25) is 11.6 Å². The summed E-state index contributed by atoms with van der Waals surface area (Å²) in [5.41, 5.74) is 10.4. The maximum atomic E-state index is 13.3. The third kappa shape index (κ3) is 2.64. The van der Waals surface area contributed by atoms with Gasteiger partial charge in [0.25, 0.3) is 5.91 Å². The molecule has 4 N–H and O–H groups in total. The smallest absolute Gasteiger partial charge is 0.404 e. The molecule has 2 saturated heterocycles. The normalized spacial score (nSPS) is 29.8. The van der Waals surface area contributed by atoms with Crippen LogP contribution < -0.4 is 11.5 Å². The minimum Gasteiger partial charge on any atom is -0.449 e. The fourth-order valence-corrected chi connectivity index (χ4v) is 5.74.